The minimum atomic E-state index is -0.509. The first-order chi connectivity index (χ1) is 8.70. The standard InChI is InChI=1S/C10H6ClFN6/c11-8-3-7(1-2-9(8)12)14-5-6(4-13)10-15-17-18-16-10/h1-3,5,14H,(H,15,16,17,18). The predicted octanol–water partition coefficient (Wildman–Crippen LogP) is 1.97. The van der Waals surface area contributed by atoms with E-state index < -0.39 is 5.82 Å². The minimum absolute atomic E-state index is 0.00790. The number of rotatable bonds is 3. The first kappa shape index (κ1) is 12.0. The van der Waals surface area contributed by atoms with E-state index in [1.807, 2.05) is 6.07 Å². The van der Waals surface area contributed by atoms with Gasteiger partial charge in [-0.2, -0.15) is 10.5 Å². The van der Waals surface area contributed by atoms with E-state index in [0.29, 0.717) is 5.69 Å². The van der Waals surface area contributed by atoms with Crippen molar-refractivity contribution in [2.45, 2.75) is 0 Å². The average Bonchev–Trinajstić information content (AvgIpc) is 2.88. The predicted molar refractivity (Wildman–Crippen MR) is 62.8 cm³/mol. The first-order valence-electron chi connectivity index (χ1n) is 4.76. The fraction of sp³-hybridized carbons (Fsp3) is 0. The lowest BCUT2D eigenvalue weighted by Crippen LogP contribution is -1.93. The monoisotopic (exact) mass is 264 g/mol. The third-order valence-electron chi connectivity index (χ3n) is 2.01. The fourth-order valence-electron chi connectivity index (χ4n) is 1.16. The summed E-state index contributed by atoms with van der Waals surface area (Å²) >= 11 is 5.62. The van der Waals surface area contributed by atoms with Crippen LogP contribution in [0, 0.1) is 17.1 Å². The van der Waals surface area contributed by atoms with Crippen LogP contribution in [-0.4, -0.2) is 20.6 Å². The Morgan fingerprint density at radius 1 is 1.56 bits per heavy atom. The molecule has 2 aromatic rings. The van der Waals surface area contributed by atoms with Crippen LogP contribution in [0.2, 0.25) is 5.02 Å². The zero-order chi connectivity index (χ0) is 13.0. The molecule has 1 heterocycles. The van der Waals surface area contributed by atoms with Gasteiger partial charge in [-0.3, -0.25) is 0 Å². The molecule has 0 aliphatic heterocycles. The van der Waals surface area contributed by atoms with Crippen molar-refractivity contribution in [2.24, 2.45) is 0 Å². The number of halogens is 2. The van der Waals surface area contributed by atoms with Gasteiger partial charge in [0.2, 0.25) is 5.82 Å². The summed E-state index contributed by atoms with van der Waals surface area (Å²) in [6.45, 7) is 0. The highest BCUT2D eigenvalue weighted by Crippen LogP contribution is 2.19. The van der Waals surface area contributed by atoms with Gasteiger partial charge >= 0.3 is 0 Å². The van der Waals surface area contributed by atoms with E-state index in [9.17, 15) is 4.39 Å². The zero-order valence-electron chi connectivity index (χ0n) is 8.85. The number of anilines is 1. The quantitative estimate of drug-likeness (QED) is 0.827. The summed E-state index contributed by atoms with van der Waals surface area (Å²) in [5, 5.41) is 24.6. The van der Waals surface area contributed by atoms with Crippen LogP contribution < -0.4 is 5.32 Å². The summed E-state index contributed by atoms with van der Waals surface area (Å²) < 4.78 is 12.9. The Balaban J connectivity index is 2.19. The van der Waals surface area contributed by atoms with E-state index >= 15 is 0 Å². The normalized spacial score (nSPS) is 11.1. The molecule has 0 fully saturated rings. The van der Waals surface area contributed by atoms with Crippen molar-refractivity contribution in [1.82, 2.24) is 20.6 Å². The van der Waals surface area contributed by atoms with Crippen LogP contribution >= 0.6 is 11.6 Å². The van der Waals surface area contributed by atoms with Crippen molar-refractivity contribution in [2.75, 3.05) is 5.32 Å². The van der Waals surface area contributed by atoms with Gasteiger partial charge in [0, 0.05) is 11.9 Å². The molecule has 8 heteroatoms. The number of allylic oxidation sites excluding steroid dienone is 1. The molecule has 0 aliphatic rings. The second kappa shape index (κ2) is 5.25. The number of aromatic amines is 1. The second-order valence-electron chi connectivity index (χ2n) is 3.18. The maximum Gasteiger partial charge on any atom is 0.216 e. The number of nitrogens with zero attached hydrogens (tertiary/aromatic N) is 4. The molecule has 1 aromatic heterocycles. The lowest BCUT2D eigenvalue weighted by atomic mass is 10.3. The van der Waals surface area contributed by atoms with Crippen LogP contribution in [-0.2, 0) is 0 Å². The fourth-order valence-corrected chi connectivity index (χ4v) is 1.34. The van der Waals surface area contributed by atoms with Gasteiger partial charge in [0.05, 0.1) is 5.02 Å². The van der Waals surface area contributed by atoms with Gasteiger partial charge in [-0.25, -0.2) is 4.39 Å². The lowest BCUT2D eigenvalue weighted by Gasteiger charge is -2.02. The highest BCUT2D eigenvalue weighted by molar-refractivity contribution is 6.31. The number of hydrogen-bond acceptors (Lipinski definition) is 5. The molecule has 2 N–H and O–H groups in total. The molecule has 1 aromatic carbocycles. The molecule has 0 amide bonds. The van der Waals surface area contributed by atoms with Gasteiger partial charge in [0.1, 0.15) is 17.5 Å². The molecule has 0 atom stereocenters. The van der Waals surface area contributed by atoms with Crippen LogP contribution in [0.15, 0.2) is 24.4 Å². The van der Waals surface area contributed by atoms with Gasteiger partial charge in [-0.1, -0.05) is 11.6 Å². The SMILES string of the molecule is N#CC(=CNc1ccc(F)c(Cl)c1)c1nn[nH]n1. The van der Waals surface area contributed by atoms with E-state index in [0.717, 1.165) is 0 Å². The molecule has 90 valence electrons. The Hall–Kier alpha value is -2.46. The molecule has 0 bridgehead atoms. The summed E-state index contributed by atoms with van der Waals surface area (Å²) in [5.74, 6) is -0.344. The lowest BCUT2D eigenvalue weighted by molar-refractivity contribution is 0.628. The maximum atomic E-state index is 12.9. The molecule has 6 nitrogen and oxygen atoms in total. The summed E-state index contributed by atoms with van der Waals surface area (Å²) in [7, 11) is 0. The Kier molecular flexibility index (Phi) is 3.50. The number of hydrogen-bond donors (Lipinski definition) is 2. The van der Waals surface area contributed by atoms with E-state index in [1.165, 1.54) is 24.4 Å². The number of H-pyrrole nitrogens is 1. The molecule has 0 aliphatic carbocycles. The van der Waals surface area contributed by atoms with Crippen molar-refractivity contribution >= 4 is 22.9 Å². The number of nitrogens with one attached hydrogen (secondary N) is 2. The largest absolute Gasteiger partial charge is 0.360 e. The summed E-state index contributed by atoms with van der Waals surface area (Å²) in [6, 6.07) is 6.02. The molecule has 2 rings (SSSR count). The van der Waals surface area contributed by atoms with Crippen molar-refractivity contribution in [1.29, 1.82) is 5.26 Å². The van der Waals surface area contributed by atoms with Gasteiger partial charge in [-0.15, -0.1) is 10.2 Å². The smallest absolute Gasteiger partial charge is 0.216 e. The summed E-state index contributed by atoms with van der Waals surface area (Å²) in [6.07, 6.45) is 1.38. The van der Waals surface area contributed by atoms with E-state index in [1.54, 1.807) is 0 Å². The molecular weight excluding hydrogens is 259 g/mol. The van der Waals surface area contributed by atoms with Crippen molar-refractivity contribution in [3.05, 3.63) is 41.1 Å². The molecule has 18 heavy (non-hydrogen) atoms. The van der Waals surface area contributed by atoms with E-state index in [4.69, 9.17) is 16.9 Å². The van der Waals surface area contributed by atoms with Crippen LogP contribution in [0.4, 0.5) is 10.1 Å². The number of benzene rings is 1. The minimum Gasteiger partial charge on any atom is -0.360 e. The number of tetrazole rings is 1. The summed E-state index contributed by atoms with van der Waals surface area (Å²) in [5.41, 5.74) is 0.724. The van der Waals surface area contributed by atoms with Gasteiger partial charge in [0.25, 0.3) is 0 Å². The molecular formula is C10H6ClFN6. The maximum absolute atomic E-state index is 12.9. The summed E-state index contributed by atoms with van der Waals surface area (Å²) in [4.78, 5) is 0. The third kappa shape index (κ3) is 2.61. The van der Waals surface area contributed by atoms with Crippen molar-refractivity contribution in [3.63, 3.8) is 0 Å². The molecule has 0 radical (unpaired) electrons. The molecule has 0 saturated heterocycles. The number of aromatic nitrogens is 4. The van der Waals surface area contributed by atoms with Crippen molar-refractivity contribution < 1.29 is 4.39 Å². The van der Waals surface area contributed by atoms with Crippen LogP contribution in [0.1, 0.15) is 5.82 Å². The van der Waals surface area contributed by atoms with Gasteiger partial charge in [0.15, 0.2) is 0 Å². The van der Waals surface area contributed by atoms with Gasteiger partial charge in [-0.05, 0) is 23.4 Å². The topological polar surface area (TPSA) is 90.3 Å². The zero-order valence-corrected chi connectivity index (χ0v) is 9.61. The average molecular weight is 265 g/mol. The van der Waals surface area contributed by atoms with Crippen LogP contribution in [0.5, 0.6) is 0 Å². The van der Waals surface area contributed by atoms with Crippen molar-refractivity contribution in [3.8, 4) is 6.07 Å². The van der Waals surface area contributed by atoms with Crippen LogP contribution in [0.25, 0.3) is 5.57 Å². The second-order valence-corrected chi connectivity index (χ2v) is 3.59. The number of nitriles is 1. The third-order valence-corrected chi connectivity index (χ3v) is 2.30. The Bertz CT molecular complexity index is 616. The Morgan fingerprint density at radius 2 is 2.39 bits per heavy atom. The molecule has 0 unspecified atom stereocenters. The van der Waals surface area contributed by atoms with E-state index in [-0.39, 0.29) is 16.4 Å². The highest BCUT2D eigenvalue weighted by atomic mass is 35.5. The molecule has 0 spiro atoms. The Morgan fingerprint density at radius 3 is 3.00 bits per heavy atom. The van der Waals surface area contributed by atoms with E-state index in [2.05, 4.69) is 25.9 Å². The highest BCUT2D eigenvalue weighted by Gasteiger charge is 2.05. The first-order valence-corrected chi connectivity index (χ1v) is 5.14. The Labute approximate surface area is 106 Å². The van der Waals surface area contributed by atoms with Gasteiger partial charge < -0.3 is 5.32 Å². The van der Waals surface area contributed by atoms with Crippen LogP contribution in [0.3, 0.4) is 0 Å². The molecule has 0 saturated carbocycles.